The molecule has 2 unspecified atom stereocenters. The Labute approximate surface area is 126 Å². The van der Waals surface area contributed by atoms with Crippen molar-refractivity contribution in [1.82, 2.24) is 5.32 Å². The van der Waals surface area contributed by atoms with Gasteiger partial charge in [0.15, 0.2) is 0 Å². The third-order valence-corrected chi connectivity index (χ3v) is 4.53. The number of benzene rings is 1. The molecule has 0 heterocycles. The molecule has 1 amide bonds. The lowest BCUT2D eigenvalue weighted by molar-refractivity contribution is -0.384. The highest BCUT2D eigenvalue weighted by Gasteiger charge is 2.23. The van der Waals surface area contributed by atoms with E-state index in [4.69, 9.17) is 0 Å². The van der Waals surface area contributed by atoms with Crippen molar-refractivity contribution in [2.24, 2.45) is 5.92 Å². The van der Waals surface area contributed by atoms with Crippen LogP contribution in [0.1, 0.15) is 35.2 Å². The molecule has 0 spiro atoms. The standard InChI is InChI=1S/C14H17BrN2O3/c1-9-6-12(17(19)20)4-5-13(9)14(18)16-8-10-2-3-11(15)7-10/h4-6,10-11H,2-3,7-8H2,1H3,(H,16,18). The molecule has 1 fully saturated rings. The number of halogens is 1. The van der Waals surface area contributed by atoms with Crippen LogP contribution in [-0.4, -0.2) is 22.2 Å². The van der Waals surface area contributed by atoms with Gasteiger partial charge >= 0.3 is 0 Å². The van der Waals surface area contributed by atoms with Crippen molar-refractivity contribution in [3.05, 3.63) is 39.4 Å². The number of nitrogens with zero attached hydrogens (tertiary/aromatic N) is 1. The average molecular weight is 341 g/mol. The van der Waals surface area contributed by atoms with E-state index in [1.807, 2.05) is 0 Å². The van der Waals surface area contributed by atoms with Gasteiger partial charge in [-0.15, -0.1) is 0 Å². The minimum atomic E-state index is -0.455. The zero-order chi connectivity index (χ0) is 14.7. The van der Waals surface area contributed by atoms with Crippen LogP contribution < -0.4 is 5.32 Å². The number of rotatable bonds is 4. The molecule has 1 saturated carbocycles. The SMILES string of the molecule is Cc1cc([N+](=O)[O-])ccc1C(=O)NCC1CCC(Br)C1. The highest BCUT2D eigenvalue weighted by molar-refractivity contribution is 9.09. The molecule has 1 N–H and O–H groups in total. The Hall–Kier alpha value is -1.43. The van der Waals surface area contributed by atoms with Gasteiger partial charge in [0, 0.05) is 29.1 Å². The molecule has 0 aromatic heterocycles. The van der Waals surface area contributed by atoms with E-state index >= 15 is 0 Å². The number of aryl methyl sites for hydroxylation is 1. The number of nitro groups is 1. The van der Waals surface area contributed by atoms with E-state index in [0.29, 0.717) is 28.4 Å². The van der Waals surface area contributed by atoms with E-state index < -0.39 is 4.92 Å². The number of non-ortho nitro benzene ring substituents is 1. The summed E-state index contributed by atoms with van der Waals surface area (Å²) in [6.07, 6.45) is 3.35. The second-order valence-corrected chi connectivity index (χ2v) is 6.54. The molecule has 1 aromatic rings. The highest BCUT2D eigenvalue weighted by Crippen LogP contribution is 2.30. The van der Waals surface area contributed by atoms with Gasteiger partial charge < -0.3 is 5.32 Å². The van der Waals surface area contributed by atoms with Crippen molar-refractivity contribution in [3.63, 3.8) is 0 Å². The monoisotopic (exact) mass is 340 g/mol. The largest absolute Gasteiger partial charge is 0.352 e. The molecule has 6 heteroatoms. The van der Waals surface area contributed by atoms with E-state index in [-0.39, 0.29) is 11.6 Å². The Morgan fingerprint density at radius 1 is 1.50 bits per heavy atom. The van der Waals surface area contributed by atoms with Crippen molar-refractivity contribution in [3.8, 4) is 0 Å². The average Bonchev–Trinajstić information content (AvgIpc) is 2.81. The number of carbonyl (C=O) groups is 1. The van der Waals surface area contributed by atoms with Gasteiger partial charge in [-0.3, -0.25) is 14.9 Å². The first kappa shape index (κ1) is 15.0. The summed E-state index contributed by atoms with van der Waals surface area (Å²) in [5, 5.41) is 13.6. The first-order chi connectivity index (χ1) is 9.47. The molecule has 2 rings (SSSR count). The molecule has 0 aliphatic heterocycles. The molecule has 1 aromatic carbocycles. The van der Waals surface area contributed by atoms with Crippen molar-refractivity contribution in [1.29, 1.82) is 0 Å². The van der Waals surface area contributed by atoms with Crippen LogP contribution in [0.3, 0.4) is 0 Å². The van der Waals surface area contributed by atoms with E-state index in [1.165, 1.54) is 18.2 Å². The van der Waals surface area contributed by atoms with Crippen LogP contribution in [0, 0.1) is 23.0 Å². The van der Waals surface area contributed by atoms with E-state index in [2.05, 4.69) is 21.2 Å². The molecule has 1 aliphatic rings. The quantitative estimate of drug-likeness (QED) is 0.519. The van der Waals surface area contributed by atoms with Crippen LogP contribution in [0.2, 0.25) is 0 Å². The van der Waals surface area contributed by atoms with Gasteiger partial charge in [0.25, 0.3) is 11.6 Å². The second kappa shape index (κ2) is 6.35. The van der Waals surface area contributed by atoms with Crippen LogP contribution in [0.4, 0.5) is 5.69 Å². The Kier molecular flexibility index (Phi) is 4.75. The molecule has 1 aliphatic carbocycles. The summed E-state index contributed by atoms with van der Waals surface area (Å²) >= 11 is 3.59. The normalized spacial score (nSPS) is 21.7. The van der Waals surface area contributed by atoms with Crippen LogP contribution in [0.15, 0.2) is 18.2 Å². The van der Waals surface area contributed by atoms with Gasteiger partial charge in [-0.05, 0) is 43.7 Å². The summed E-state index contributed by atoms with van der Waals surface area (Å²) < 4.78 is 0. The first-order valence-corrected chi connectivity index (χ1v) is 7.56. The van der Waals surface area contributed by atoms with E-state index in [1.54, 1.807) is 6.92 Å². The van der Waals surface area contributed by atoms with Gasteiger partial charge in [-0.25, -0.2) is 0 Å². The number of nitro benzene ring substituents is 1. The number of hydrogen-bond acceptors (Lipinski definition) is 3. The van der Waals surface area contributed by atoms with Gasteiger partial charge in [-0.1, -0.05) is 15.9 Å². The zero-order valence-electron chi connectivity index (χ0n) is 11.3. The van der Waals surface area contributed by atoms with Gasteiger partial charge in [0.1, 0.15) is 0 Å². The maximum Gasteiger partial charge on any atom is 0.269 e. The van der Waals surface area contributed by atoms with E-state index in [0.717, 1.165) is 19.3 Å². The second-order valence-electron chi connectivity index (χ2n) is 5.24. The van der Waals surface area contributed by atoms with Crippen molar-refractivity contribution in [2.75, 3.05) is 6.54 Å². The molecular formula is C14H17BrN2O3. The van der Waals surface area contributed by atoms with Gasteiger partial charge in [-0.2, -0.15) is 0 Å². The lowest BCUT2D eigenvalue weighted by atomic mass is 10.1. The fourth-order valence-corrected chi connectivity index (χ4v) is 3.34. The van der Waals surface area contributed by atoms with Crippen LogP contribution in [0.5, 0.6) is 0 Å². The zero-order valence-corrected chi connectivity index (χ0v) is 12.9. The summed E-state index contributed by atoms with van der Waals surface area (Å²) in [7, 11) is 0. The predicted octanol–water partition coefficient (Wildman–Crippen LogP) is 3.20. The number of alkyl halides is 1. The number of hydrogen-bond donors (Lipinski definition) is 1. The molecule has 0 radical (unpaired) electrons. The fraction of sp³-hybridized carbons (Fsp3) is 0.500. The van der Waals surface area contributed by atoms with Crippen LogP contribution in [0.25, 0.3) is 0 Å². The van der Waals surface area contributed by atoms with Gasteiger partial charge in [0.2, 0.25) is 0 Å². The van der Waals surface area contributed by atoms with Crippen LogP contribution in [-0.2, 0) is 0 Å². The molecule has 0 bridgehead atoms. The molecule has 0 saturated heterocycles. The Morgan fingerprint density at radius 3 is 2.80 bits per heavy atom. The minimum Gasteiger partial charge on any atom is -0.352 e. The summed E-state index contributed by atoms with van der Waals surface area (Å²) in [5.41, 5.74) is 1.14. The summed E-state index contributed by atoms with van der Waals surface area (Å²) in [4.78, 5) is 22.9. The highest BCUT2D eigenvalue weighted by atomic mass is 79.9. The maximum absolute atomic E-state index is 12.1. The predicted molar refractivity (Wildman–Crippen MR) is 80.2 cm³/mol. The van der Waals surface area contributed by atoms with Gasteiger partial charge in [0.05, 0.1) is 4.92 Å². The summed E-state index contributed by atoms with van der Waals surface area (Å²) in [6.45, 7) is 2.38. The Bertz CT molecular complexity index is 533. The summed E-state index contributed by atoms with van der Waals surface area (Å²) in [6, 6.07) is 4.32. The number of amides is 1. The lowest BCUT2D eigenvalue weighted by Gasteiger charge is -2.12. The Morgan fingerprint density at radius 2 is 2.25 bits per heavy atom. The third-order valence-electron chi connectivity index (χ3n) is 3.69. The summed E-state index contributed by atoms with van der Waals surface area (Å²) in [5.74, 6) is 0.358. The lowest BCUT2D eigenvalue weighted by Crippen LogP contribution is -2.29. The smallest absolute Gasteiger partial charge is 0.269 e. The topological polar surface area (TPSA) is 72.2 Å². The van der Waals surface area contributed by atoms with E-state index in [9.17, 15) is 14.9 Å². The maximum atomic E-state index is 12.1. The first-order valence-electron chi connectivity index (χ1n) is 6.64. The van der Waals surface area contributed by atoms with Crippen LogP contribution >= 0.6 is 15.9 Å². The molecule has 20 heavy (non-hydrogen) atoms. The third kappa shape index (κ3) is 3.56. The molecular weight excluding hydrogens is 324 g/mol. The number of carbonyl (C=O) groups excluding carboxylic acids is 1. The molecule has 2 atom stereocenters. The molecule has 108 valence electrons. The minimum absolute atomic E-state index is 0.0111. The van der Waals surface area contributed by atoms with Crippen molar-refractivity contribution < 1.29 is 9.72 Å². The molecule has 5 nitrogen and oxygen atoms in total. The van der Waals surface area contributed by atoms with Crippen molar-refractivity contribution in [2.45, 2.75) is 31.0 Å². The van der Waals surface area contributed by atoms with Crippen molar-refractivity contribution >= 4 is 27.5 Å². The fourth-order valence-electron chi connectivity index (χ4n) is 2.55. The number of nitrogens with one attached hydrogen (secondary N) is 1. The Balaban J connectivity index is 1.97.